The number of benzene rings is 1. The van der Waals surface area contributed by atoms with Gasteiger partial charge in [-0.05, 0) is 34.1 Å². The lowest BCUT2D eigenvalue weighted by Gasteiger charge is -2.05. The molecule has 0 atom stereocenters. The third kappa shape index (κ3) is 3.05. The Labute approximate surface area is 118 Å². The quantitative estimate of drug-likeness (QED) is 0.844. The van der Waals surface area contributed by atoms with Gasteiger partial charge in [-0.1, -0.05) is 15.9 Å². The van der Waals surface area contributed by atoms with Gasteiger partial charge in [0.05, 0.1) is 5.69 Å². The second-order valence-corrected chi connectivity index (χ2v) is 5.72. The molecule has 2 rings (SSSR count). The SMILES string of the molecule is O=C(O)c1csc(Nc2ccc(Br)cc2Br)n1. The van der Waals surface area contributed by atoms with Gasteiger partial charge in [-0.25, -0.2) is 9.78 Å². The van der Waals surface area contributed by atoms with Crippen molar-refractivity contribution in [2.45, 2.75) is 0 Å². The van der Waals surface area contributed by atoms with Crippen LogP contribution in [0.15, 0.2) is 32.5 Å². The normalized spacial score (nSPS) is 10.2. The predicted molar refractivity (Wildman–Crippen MR) is 74.2 cm³/mol. The molecule has 88 valence electrons. The molecule has 17 heavy (non-hydrogen) atoms. The number of nitrogens with one attached hydrogen (secondary N) is 1. The summed E-state index contributed by atoms with van der Waals surface area (Å²) in [5.41, 5.74) is 0.880. The first kappa shape index (κ1) is 12.5. The number of rotatable bonds is 3. The maximum atomic E-state index is 10.7. The topological polar surface area (TPSA) is 62.2 Å². The van der Waals surface area contributed by atoms with Gasteiger partial charge < -0.3 is 10.4 Å². The van der Waals surface area contributed by atoms with Gasteiger partial charge in [-0.15, -0.1) is 11.3 Å². The van der Waals surface area contributed by atoms with Crippen molar-refractivity contribution in [3.8, 4) is 0 Å². The number of nitrogens with zero attached hydrogens (tertiary/aromatic N) is 1. The smallest absolute Gasteiger partial charge is 0.355 e. The van der Waals surface area contributed by atoms with Crippen molar-refractivity contribution in [2.75, 3.05) is 5.32 Å². The highest BCUT2D eigenvalue weighted by Crippen LogP contribution is 2.29. The highest BCUT2D eigenvalue weighted by atomic mass is 79.9. The van der Waals surface area contributed by atoms with E-state index in [1.54, 1.807) is 0 Å². The largest absolute Gasteiger partial charge is 0.476 e. The van der Waals surface area contributed by atoms with E-state index in [9.17, 15) is 4.79 Å². The van der Waals surface area contributed by atoms with Gasteiger partial charge in [0, 0.05) is 14.3 Å². The Kier molecular flexibility index (Phi) is 3.80. The zero-order valence-electron chi connectivity index (χ0n) is 8.28. The lowest BCUT2D eigenvalue weighted by Crippen LogP contribution is -1.97. The molecule has 0 fully saturated rings. The van der Waals surface area contributed by atoms with E-state index < -0.39 is 5.97 Å². The van der Waals surface area contributed by atoms with Crippen LogP contribution in [-0.4, -0.2) is 16.1 Å². The van der Waals surface area contributed by atoms with E-state index in [1.165, 1.54) is 16.7 Å². The Morgan fingerprint density at radius 3 is 2.76 bits per heavy atom. The molecule has 0 radical (unpaired) electrons. The van der Waals surface area contributed by atoms with Crippen molar-refractivity contribution in [3.63, 3.8) is 0 Å². The van der Waals surface area contributed by atoms with Gasteiger partial charge in [0.25, 0.3) is 0 Å². The molecule has 1 aromatic carbocycles. The Hall–Kier alpha value is -0.920. The lowest BCUT2D eigenvalue weighted by molar-refractivity contribution is 0.0691. The Morgan fingerprint density at radius 2 is 2.18 bits per heavy atom. The van der Waals surface area contributed by atoms with E-state index in [2.05, 4.69) is 42.2 Å². The van der Waals surface area contributed by atoms with Crippen molar-refractivity contribution in [2.24, 2.45) is 0 Å². The summed E-state index contributed by atoms with van der Waals surface area (Å²) in [6.07, 6.45) is 0. The maximum absolute atomic E-state index is 10.7. The highest BCUT2D eigenvalue weighted by Gasteiger charge is 2.09. The molecule has 0 aliphatic rings. The molecule has 1 aromatic heterocycles. The van der Waals surface area contributed by atoms with Crippen LogP contribution in [0.25, 0.3) is 0 Å². The van der Waals surface area contributed by atoms with Gasteiger partial charge in [0.1, 0.15) is 0 Å². The first-order valence-electron chi connectivity index (χ1n) is 4.47. The summed E-state index contributed by atoms with van der Waals surface area (Å²) in [5, 5.41) is 13.9. The van der Waals surface area contributed by atoms with Gasteiger partial charge in [-0.3, -0.25) is 0 Å². The number of thiazole rings is 1. The van der Waals surface area contributed by atoms with E-state index in [0.717, 1.165) is 14.6 Å². The van der Waals surface area contributed by atoms with Crippen LogP contribution in [0, 0.1) is 0 Å². The van der Waals surface area contributed by atoms with E-state index in [1.807, 2.05) is 18.2 Å². The molecule has 1 heterocycles. The summed E-state index contributed by atoms with van der Waals surface area (Å²) in [6, 6.07) is 5.66. The fourth-order valence-corrected chi connectivity index (χ4v) is 2.98. The van der Waals surface area contributed by atoms with E-state index in [0.29, 0.717) is 5.13 Å². The molecule has 0 aliphatic carbocycles. The van der Waals surface area contributed by atoms with E-state index in [-0.39, 0.29) is 5.69 Å². The zero-order chi connectivity index (χ0) is 12.4. The van der Waals surface area contributed by atoms with E-state index >= 15 is 0 Å². The predicted octanol–water partition coefficient (Wildman–Crippen LogP) is 4.11. The number of anilines is 2. The molecule has 0 spiro atoms. The van der Waals surface area contributed by atoms with Crippen LogP contribution >= 0.6 is 43.2 Å². The standard InChI is InChI=1S/C10H6Br2N2O2S/c11-5-1-2-7(6(12)3-5)13-10-14-8(4-17-10)9(15)16/h1-4H,(H,13,14)(H,15,16). The molecular formula is C10H6Br2N2O2S. The number of aromatic carboxylic acids is 1. The Balaban J connectivity index is 2.22. The highest BCUT2D eigenvalue weighted by molar-refractivity contribution is 9.11. The first-order valence-corrected chi connectivity index (χ1v) is 6.94. The summed E-state index contributed by atoms with van der Waals surface area (Å²) < 4.78 is 1.83. The van der Waals surface area contributed by atoms with Crippen molar-refractivity contribution in [1.29, 1.82) is 0 Å². The minimum Gasteiger partial charge on any atom is -0.476 e. The molecule has 4 nitrogen and oxygen atoms in total. The number of aromatic nitrogens is 1. The fraction of sp³-hybridized carbons (Fsp3) is 0. The van der Waals surface area contributed by atoms with Gasteiger partial charge >= 0.3 is 5.97 Å². The summed E-state index contributed by atoms with van der Waals surface area (Å²) in [4.78, 5) is 14.6. The second kappa shape index (κ2) is 5.16. The minimum atomic E-state index is -1.02. The molecule has 2 aromatic rings. The Morgan fingerprint density at radius 1 is 1.41 bits per heavy atom. The van der Waals surface area contributed by atoms with Crippen LogP contribution < -0.4 is 5.32 Å². The number of hydrogen-bond donors (Lipinski definition) is 2. The summed E-state index contributed by atoms with van der Waals surface area (Å²) >= 11 is 8.01. The van der Waals surface area contributed by atoms with Crippen LogP contribution in [0.2, 0.25) is 0 Å². The van der Waals surface area contributed by atoms with E-state index in [4.69, 9.17) is 5.11 Å². The average molecular weight is 378 g/mol. The second-order valence-electron chi connectivity index (χ2n) is 3.09. The number of carboxylic acids is 1. The molecule has 0 saturated carbocycles. The van der Waals surface area contributed by atoms with Crippen LogP contribution in [0.4, 0.5) is 10.8 Å². The number of halogens is 2. The van der Waals surface area contributed by atoms with Crippen LogP contribution in [0.5, 0.6) is 0 Å². The summed E-state index contributed by atoms with van der Waals surface area (Å²) in [7, 11) is 0. The van der Waals surface area contributed by atoms with Crippen LogP contribution in [0.1, 0.15) is 10.5 Å². The maximum Gasteiger partial charge on any atom is 0.355 e. The molecule has 2 N–H and O–H groups in total. The molecule has 0 saturated heterocycles. The van der Waals surface area contributed by atoms with Crippen LogP contribution in [-0.2, 0) is 0 Å². The molecule has 0 unspecified atom stereocenters. The number of carboxylic acid groups (broad SMARTS) is 1. The molecule has 0 amide bonds. The summed E-state index contributed by atoms with van der Waals surface area (Å²) in [5.74, 6) is -1.02. The lowest BCUT2D eigenvalue weighted by atomic mass is 10.3. The third-order valence-electron chi connectivity index (χ3n) is 1.90. The van der Waals surface area contributed by atoms with Crippen molar-refractivity contribution in [3.05, 3.63) is 38.2 Å². The average Bonchev–Trinajstić information content (AvgIpc) is 2.71. The van der Waals surface area contributed by atoms with Crippen molar-refractivity contribution < 1.29 is 9.90 Å². The molecule has 7 heteroatoms. The monoisotopic (exact) mass is 376 g/mol. The minimum absolute atomic E-state index is 0.0470. The van der Waals surface area contributed by atoms with Crippen molar-refractivity contribution >= 4 is 60.0 Å². The molecule has 0 aliphatic heterocycles. The third-order valence-corrected chi connectivity index (χ3v) is 3.80. The zero-order valence-corrected chi connectivity index (χ0v) is 12.3. The number of carbonyl (C=O) groups is 1. The van der Waals surface area contributed by atoms with Gasteiger partial charge in [0.2, 0.25) is 0 Å². The van der Waals surface area contributed by atoms with Crippen LogP contribution in [0.3, 0.4) is 0 Å². The first-order chi connectivity index (χ1) is 8.06. The molecular weight excluding hydrogens is 372 g/mol. The van der Waals surface area contributed by atoms with Gasteiger partial charge in [0.15, 0.2) is 10.8 Å². The number of hydrogen-bond acceptors (Lipinski definition) is 4. The van der Waals surface area contributed by atoms with Gasteiger partial charge in [-0.2, -0.15) is 0 Å². The molecule has 0 bridgehead atoms. The van der Waals surface area contributed by atoms with Crippen molar-refractivity contribution in [1.82, 2.24) is 4.98 Å². The summed E-state index contributed by atoms with van der Waals surface area (Å²) in [6.45, 7) is 0. The Bertz CT molecular complexity index is 571. The fourth-order valence-electron chi connectivity index (χ4n) is 1.14.